The minimum Gasteiger partial charge on any atom is -0.480 e. The number of hydroxylamine groups is 1. The van der Waals surface area contributed by atoms with Crippen LogP contribution in [0.15, 0.2) is 65.9 Å². The number of hydrazine groups is 1. The molecular formula is C28H29F2N9O5. The lowest BCUT2D eigenvalue weighted by Gasteiger charge is -2.39. The number of imide groups is 1. The minimum absolute atomic E-state index is 0.0989. The van der Waals surface area contributed by atoms with Crippen molar-refractivity contribution < 1.29 is 32.7 Å². The molecule has 1 atom stereocenters. The highest BCUT2D eigenvalue weighted by molar-refractivity contribution is 6.23. The van der Waals surface area contributed by atoms with Gasteiger partial charge in [-0.15, -0.1) is 10.2 Å². The first-order valence-corrected chi connectivity index (χ1v) is 13.2. The van der Waals surface area contributed by atoms with Crippen molar-refractivity contribution in [2.45, 2.75) is 12.7 Å². The Hall–Kier alpha value is -5.19. The van der Waals surface area contributed by atoms with Gasteiger partial charge in [0.15, 0.2) is 5.82 Å². The molecule has 3 aromatic rings. The first-order chi connectivity index (χ1) is 21.1. The molecule has 1 unspecified atom stereocenters. The van der Waals surface area contributed by atoms with E-state index in [2.05, 4.69) is 31.3 Å². The summed E-state index contributed by atoms with van der Waals surface area (Å²) in [5, 5.41) is 12.1. The van der Waals surface area contributed by atoms with E-state index in [1.54, 1.807) is 43.4 Å². The molecule has 0 saturated carbocycles. The Morgan fingerprint density at radius 2 is 1.73 bits per heavy atom. The molecule has 1 saturated heterocycles. The van der Waals surface area contributed by atoms with Crippen LogP contribution in [0.4, 0.5) is 35.6 Å². The Labute approximate surface area is 250 Å². The highest BCUT2D eigenvalue weighted by Gasteiger charge is 2.50. The van der Waals surface area contributed by atoms with E-state index in [9.17, 15) is 23.2 Å². The van der Waals surface area contributed by atoms with Crippen LogP contribution >= 0.6 is 0 Å². The fraction of sp³-hybridized carbons (Fsp3) is 0.250. The number of ether oxygens (including phenoxy) is 1. The van der Waals surface area contributed by atoms with Crippen molar-refractivity contribution in [3.63, 3.8) is 0 Å². The number of amides is 5. The maximum absolute atomic E-state index is 14.8. The molecule has 2 aliphatic rings. The van der Waals surface area contributed by atoms with Crippen molar-refractivity contribution in [3.05, 3.63) is 83.1 Å². The van der Waals surface area contributed by atoms with Crippen molar-refractivity contribution in [1.29, 1.82) is 0 Å². The lowest BCUT2D eigenvalue weighted by molar-refractivity contribution is -0.116. The zero-order valence-electron chi connectivity index (χ0n) is 24.2. The van der Waals surface area contributed by atoms with Gasteiger partial charge in [0.1, 0.15) is 17.8 Å². The SMILES string of the molecule is CONC(=O)Nc1ccc(N2NC3C(=C2CN(C)C)C(=O)N(c2ccc(OC)nn2)C(=O)N3Cc2c(F)cccc2F)cc1. The lowest BCUT2D eigenvalue weighted by Crippen LogP contribution is -2.62. The van der Waals surface area contributed by atoms with Crippen molar-refractivity contribution in [2.24, 2.45) is 0 Å². The monoisotopic (exact) mass is 609 g/mol. The van der Waals surface area contributed by atoms with Crippen LogP contribution in [0, 0.1) is 11.6 Å². The highest BCUT2D eigenvalue weighted by Crippen LogP contribution is 2.36. The molecule has 14 nitrogen and oxygen atoms in total. The third-order valence-electron chi connectivity index (χ3n) is 6.79. The lowest BCUT2D eigenvalue weighted by atomic mass is 10.0. The van der Waals surface area contributed by atoms with E-state index in [-0.39, 0.29) is 29.4 Å². The van der Waals surface area contributed by atoms with Gasteiger partial charge >= 0.3 is 12.1 Å². The molecule has 1 fully saturated rings. The smallest absolute Gasteiger partial charge is 0.343 e. The second kappa shape index (κ2) is 12.6. The number of hydrogen-bond donors (Lipinski definition) is 3. The largest absolute Gasteiger partial charge is 0.480 e. The minimum atomic E-state index is -1.10. The van der Waals surface area contributed by atoms with Crippen molar-refractivity contribution in [2.75, 3.05) is 50.1 Å². The third-order valence-corrected chi connectivity index (χ3v) is 6.79. The quantitative estimate of drug-likeness (QED) is 0.310. The summed E-state index contributed by atoms with van der Waals surface area (Å²) in [6, 6.07) is 11.4. The number of rotatable bonds is 9. The van der Waals surface area contributed by atoms with Crippen molar-refractivity contribution >= 4 is 35.2 Å². The first kappa shape index (κ1) is 30.3. The van der Waals surface area contributed by atoms with Crippen molar-refractivity contribution in [1.82, 2.24) is 30.9 Å². The molecular weight excluding hydrogens is 580 g/mol. The number of anilines is 3. The summed E-state index contributed by atoms with van der Waals surface area (Å²) >= 11 is 0. The van der Waals surface area contributed by atoms with E-state index in [1.807, 2.05) is 4.90 Å². The number of fused-ring (bicyclic) bond motifs is 1. The second-order valence-electron chi connectivity index (χ2n) is 9.96. The number of urea groups is 2. The zero-order chi connectivity index (χ0) is 31.5. The Kier molecular flexibility index (Phi) is 8.66. The predicted molar refractivity (Wildman–Crippen MR) is 154 cm³/mol. The van der Waals surface area contributed by atoms with E-state index in [1.165, 1.54) is 32.4 Å². The average molecular weight is 610 g/mol. The molecule has 0 radical (unpaired) electrons. The Bertz CT molecular complexity index is 1580. The van der Waals surface area contributed by atoms with Gasteiger partial charge in [-0.3, -0.25) is 19.5 Å². The van der Waals surface area contributed by atoms with Crippen LogP contribution in [-0.4, -0.2) is 79.0 Å². The maximum Gasteiger partial charge on any atom is 0.343 e. The predicted octanol–water partition coefficient (Wildman–Crippen LogP) is 2.58. The fourth-order valence-corrected chi connectivity index (χ4v) is 4.84. The van der Waals surface area contributed by atoms with Crippen LogP contribution in [0.3, 0.4) is 0 Å². The topological polar surface area (TPSA) is 144 Å². The molecule has 3 N–H and O–H groups in total. The molecule has 3 heterocycles. The number of methoxy groups -OCH3 is 1. The zero-order valence-corrected chi connectivity index (χ0v) is 24.2. The number of nitrogens with one attached hydrogen (secondary N) is 3. The van der Waals surface area contributed by atoms with Crippen LogP contribution in [0.1, 0.15) is 5.56 Å². The second-order valence-corrected chi connectivity index (χ2v) is 9.96. The number of halogens is 2. The molecule has 16 heteroatoms. The standard InChI is InChI=1S/C28H29F2N9O5/c1-36(2)15-21-24-25(34-39(21)17-10-8-16(9-11-17)31-27(41)35-44-4)37(14-18-19(29)6-5-7-20(18)30)28(42)38(26(24)40)22-12-13-23(43-3)33-32-22/h5-13,25,34H,14-15H2,1-4H3,(H2,31,35,41). The van der Waals surface area contributed by atoms with Gasteiger partial charge < -0.3 is 15.0 Å². The molecule has 5 amide bonds. The summed E-state index contributed by atoms with van der Waals surface area (Å²) in [6.07, 6.45) is -1.10. The van der Waals surface area contributed by atoms with Crippen molar-refractivity contribution in [3.8, 4) is 5.88 Å². The van der Waals surface area contributed by atoms with Gasteiger partial charge in [0.2, 0.25) is 5.88 Å². The third kappa shape index (κ3) is 5.85. The number of likely N-dealkylation sites (N-methyl/N-ethyl adjacent to an activating group) is 1. The van der Waals surface area contributed by atoms with Crippen LogP contribution in [0.25, 0.3) is 0 Å². The molecule has 44 heavy (non-hydrogen) atoms. The summed E-state index contributed by atoms with van der Waals surface area (Å²) < 4.78 is 34.7. The average Bonchev–Trinajstić information content (AvgIpc) is 3.36. The van der Waals surface area contributed by atoms with E-state index in [0.717, 1.165) is 21.9 Å². The molecule has 0 aliphatic carbocycles. The number of carbonyl (C=O) groups is 3. The number of carbonyl (C=O) groups excluding carboxylic acids is 3. The summed E-state index contributed by atoms with van der Waals surface area (Å²) in [5.41, 5.74) is 6.62. The van der Waals surface area contributed by atoms with E-state index >= 15 is 0 Å². The molecule has 1 aromatic heterocycles. The Morgan fingerprint density at radius 3 is 2.32 bits per heavy atom. The summed E-state index contributed by atoms with van der Waals surface area (Å²) in [7, 11) is 6.31. The number of aromatic nitrogens is 2. The molecule has 2 aliphatic heterocycles. The van der Waals surface area contributed by atoms with Crippen LogP contribution in [0.5, 0.6) is 5.88 Å². The molecule has 230 valence electrons. The van der Waals surface area contributed by atoms with Crippen LogP contribution in [-0.2, 0) is 16.2 Å². The van der Waals surface area contributed by atoms with Gasteiger partial charge in [0, 0.05) is 23.9 Å². The number of nitrogens with zero attached hydrogens (tertiary/aromatic N) is 6. The van der Waals surface area contributed by atoms with Gasteiger partial charge in [-0.25, -0.2) is 34.2 Å². The number of benzene rings is 2. The van der Waals surface area contributed by atoms with E-state index < -0.39 is 42.3 Å². The van der Waals surface area contributed by atoms with Gasteiger partial charge in [0.05, 0.1) is 37.7 Å². The highest BCUT2D eigenvalue weighted by atomic mass is 19.1. The molecule has 0 spiro atoms. The van der Waals surface area contributed by atoms with Crippen LogP contribution in [0.2, 0.25) is 0 Å². The first-order valence-electron chi connectivity index (χ1n) is 13.2. The van der Waals surface area contributed by atoms with Gasteiger partial charge in [-0.1, -0.05) is 6.07 Å². The summed E-state index contributed by atoms with van der Waals surface area (Å²) in [6.45, 7) is -0.272. The van der Waals surface area contributed by atoms with E-state index in [4.69, 9.17) is 4.74 Å². The Balaban J connectivity index is 1.60. The summed E-state index contributed by atoms with van der Waals surface area (Å²) in [4.78, 5) is 48.4. The van der Waals surface area contributed by atoms with Gasteiger partial charge in [0.25, 0.3) is 5.91 Å². The molecule has 2 aromatic carbocycles. The normalized spacial score (nSPS) is 16.5. The Morgan fingerprint density at radius 1 is 1.02 bits per heavy atom. The van der Waals surface area contributed by atoms with Gasteiger partial charge in [-0.05, 0) is 56.6 Å². The van der Waals surface area contributed by atoms with Crippen LogP contribution < -0.4 is 30.9 Å². The fourth-order valence-electron chi connectivity index (χ4n) is 4.84. The molecule has 5 rings (SSSR count). The maximum atomic E-state index is 14.8. The summed E-state index contributed by atoms with van der Waals surface area (Å²) in [5.74, 6) is -2.32. The van der Waals surface area contributed by atoms with Gasteiger partial charge in [-0.2, -0.15) is 0 Å². The molecule has 0 bridgehead atoms. The number of hydrogen-bond acceptors (Lipinski definition) is 10. The van der Waals surface area contributed by atoms with E-state index in [0.29, 0.717) is 17.1 Å².